The summed E-state index contributed by atoms with van der Waals surface area (Å²) in [6.07, 6.45) is 7.13. The number of aliphatic hydroxyl groups is 1. The van der Waals surface area contributed by atoms with E-state index in [0.717, 1.165) is 12.8 Å². The molecular weight excluding hydrogens is 244 g/mol. The first kappa shape index (κ1) is 13.9. The summed E-state index contributed by atoms with van der Waals surface area (Å²) in [6, 6.07) is 3.64. The molecule has 1 aliphatic rings. The Hall–Kier alpha value is -1.49. The average Bonchev–Trinajstić information content (AvgIpc) is 2.93. The van der Waals surface area contributed by atoms with Crippen LogP contribution in [-0.4, -0.2) is 23.7 Å². The van der Waals surface area contributed by atoms with E-state index in [9.17, 15) is 9.90 Å². The van der Waals surface area contributed by atoms with Gasteiger partial charge < -0.3 is 20.2 Å². The van der Waals surface area contributed by atoms with Crippen LogP contribution >= 0.6 is 0 Å². The highest BCUT2D eigenvalue weighted by atomic mass is 16.4. The molecule has 19 heavy (non-hydrogen) atoms. The highest BCUT2D eigenvalue weighted by Gasteiger charge is 2.16. The number of rotatable bonds is 5. The molecule has 2 rings (SSSR count). The molecule has 1 aliphatic carbocycles. The van der Waals surface area contributed by atoms with Crippen LogP contribution < -0.4 is 10.6 Å². The number of nitrogens with one attached hydrogen (secondary N) is 2. The lowest BCUT2D eigenvalue weighted by Gasteiger charge is -2.23. The van der Waals surface area contributed by atoms with E-state index in [4.69, 9.17) is 4.42 Å². The Balaban J connectivity index is 1.61. The first-order valence-corrected chi connectivity index (χ1v) is 7.01. The van der Waals surface area contributed by atoms with Crippen molar-refractivity contribution in [3.63, 3.8) is 0 Å². The van der Waals surface area contributed by atoms with Crippen molar-refractivity contribution in [2.45, 2.75) is 50.7 Å². The molecule has 0 bridgehead atoms. The lowest BCUT2D eigenvalue weighted by molar-refractivity contribution is 0.140. The van der Waals surface area contributed by atoms with Crippen molar-refractivity contribution >= 4 is 6.03 Å². The van der Waals surface area contributed by atoms with Crippen molar-refractivity contribution in [3.8, 4) is 0 Å². The third kappa shape index (κ3) is 4.59. The maximum absolute atomic E-state index is 11.7. The number of amides is 2. The first-order valence-electron chi connectivity index (χ1n) is 7.01. The van der Waals surface area contributed by atoms with Gasteiger partial charge in [-0.1, -0.05) is 19.3 Å². The average molecular weight is 266 g/mol. The predicted octanol–water partition coefficient (Wildman–Crippen LogP) is 2.33. The highest BCUT2D eigenvalue weighted by molar-refractivity contribution is 5.74. The van der Waals surface area contributed by atoms with Crippen LogP contribution in [0.15, 0.2) is 22.8 Å². The van der Waals surface area contributed by atoms with Gasteiger partial charge >= 0.3 is 6.03 Å². The van der Waals surface area contributed by atoms with Crippen molar-refractivity contribution in [3.05, 3.63) is 24.2 Å². The van der Waals surface area contributed by atoms with E-state index in [1.807, 2.05) is 0 Å². The van der Waals surface area contributed by atoms with Crippen molar-refractivity contribution in [2.24, 2.45) is 0 Å². The van der Waals surface area contributed by atoms with Crippen LogP contribution in [0.2, 0.25) is 0 Å². The third-order valence-electron chi connectivity index (χ3n) is 3.52. The van der Waals surface area contributed by atoms with Gasteiger partial charge in [-0.3, -0.25) is 0 Å². The molecule has 3 N–H and O–H groups in total. The topological polar surface area (TPSA) is 74.5 Å². The Morgan fingerprint density at radius 3 is 2.89 bits per heavy atom. The zero-order valence-electron chi connectivity index (χ0n) is 11.1. The number of carbonyl (C=O) groups is 1. The molecule has 1 aromatic rings. The number of furan rings is 1. The van der Waals surface area contributed by atoms with Gasteiger partial charge in [-0.05, 0) is 31.4 Å². The Labute approximate surface area is 113 Å². The van der Waals surface area contributed by atoms with Gasteiger partial charge in [-0.15, -0.1) is 0 Å². The normalized spacial score (nSPS) is 17.9. The molecule has 2 amide bonds. The predicted molar refractivity (Wildman–Crippen MR) is 71.7 cm³/mol. The maximum atomic E-state index is 11.7. The van der Waals surface area contributed by atoms with Crippen LogP contribution in [0.3, 0.4) is 0 Å². The molecule has 0 aliphatic heterocycles. The molecule has 0 saturated heterocycles. The molecule has 1 atom stereocenters. The van der Waals surface area contributed by atoms with E-state index in [0.29, 0.717) is 24.8 Å². The van der Waals surface area contributed by atoms with E-state index >= 15 is 0 Å². The monoisotopic (exact) mass is 266 g/mol. The second-order valence-electron chi connectivity index (χ2n) is 5.06. The van der Waals surface area contributed by atoms with Gasteiger partial charge in [0, 0.05) is 12.6 Å². The molecule has 106 valence electrons. The fraction of sp³-hybridized carbons (Fsp3) is 0.643. The van der Waals surface area contributed by atoms with Crippen LogP contribution in [0, 0.1) is 0 Å². The summed E-state index contributed by atoms with van der Waals surface area (Å²) in [7, 11) is 0. The fourth-order valence-electron chi connectivity index (χ4n) is 2.43. The number of aliphatic hydroxyl groups excluding tert-OH is 1. The summed E-state index contributed by atoms with van der Waals surface area (Å²) in [5.74, 6) is 0.537. The zero-order valence-corrected chi connectivity index (χ0v) is 11.1. The highest BCUT2D eigenvalue weighted by Crippen LogP contribution is 2.17. The van der Waals surface area contributed by atoms with Gasteiger partial charge in [0.1, 0.15) is 11.9 Å². The lowest BCUT2D eigenvalue weighted by atomic mass is 9.96. The third-order valence-corrected chi connectivity index (χ3v) is 3.52. The van der Waals surface area contributed by atoms with E-state index in [2.05, 4.69) is 10.6 Å². The Morgan fingerprint density at radius 2 is 2.21 bits per heavy atom. The molecule has 0 spiro atoms. The van der Waals surface area contributed by atoms with Crippen molar-refractivity contribution in [2.75, 3.05) is 6.54 Å². The van der Waals surface area contributed by atoms with Gasteiger partial charge in [0.05, 0.1) is 6.26 Å². The van der Waals surface area contributed by atoms with Gasteiger partial charge in [-0.2, -0.15) is 0 Å². The van der Waals surface area contributed by atoms with E-state index in [1.54, 1.807) is 12.1 Å². The zero-order chi connectivity index (χ0) is 13.5. The van der Waals surface area contributed by atoms with Crippen LogP contribution in [0.5, 0.6) is 0 Å². The summed E-state index contributed by atoms with van der Waals surface area (Å²) >= 11 is 0. The standard InChI is InChI=1S/C14H22N2O3/c17-12(13-7-4-10-19-13)8-9-15-14(18)16-11-5-2-1-3-6-11/h4,7,10-12,17H,1-3,5-6,8-9H2,(H2,15,16,18)/t12-/m1/s1. The van der Waals surface area contributed by atoms with Gasteiger partial charge in [0.2, 0.25) is 0 Å². The number of hydrogen-bond donors (Lipinski definition) is 3. The van der Waals surface area contributed by atoms with Crippen molar-refractivity contribution in [1.29, 1.82) is 0 Å². The van der Waals surface area contributed by atoms with E-state index in [1.165, 1.54) is 25.5 Å². The largest absolute Gasteiger partial charge is 0.467 e. The summed E-state index contributed by atoms with van der Waals surface area (Å²) < 4.78 is 5.10. The van der Waals surface area contributed by atoms with Crippen LogP contribution in [0.25, 0.3) is 0 Å². The quantitative estimate of drug-likeness (QED) is 0.765. The van der Waals surface area contributed by atoms with Gasteiger partial charge in [0.25, 0.3) is 0 Å². The SMILES string of the molecule is O=C(NCC[C@@H](O)c1ccco1)NC1CCCCC1. The maximum Gasteiger partial charge on any atom is 0.315 e. The van der Waals surface area contributed by atoms with Crippen molar-refractivity contribution in [1.82, 2.24) is 10.6 Å². The lowest BCUT2D eigenvalue weighted by Crippen LogP contribution is -2.43. The minimum absolute atomic E-state index is 0.140. The van der Waals surface area contributed by atoms with Crippen LogP contribution in [0.4, 0.5) is 4.79 Å². The minimum atomic E-state index is -0.662. The summed E-state index contributed by atoms with van der Waals surface area (Å²) in [6.45, 7) is 0.431. The second kappa shape index (κ2) is 7.19. The Morgan fingerprint density at radius 1 is 1.42 bits per heavy atom. The molecule has 0 radical (unpaired) electrons. The molecule has 0 unspecified atom stereocenters. The molecule has 1 fully saturated rings. The number of hydrogen-bond acceptors (Lipinski definition) is 3. The smallest absolute Gasteiger partial charge is 0.315 e. The molecular formula is C14H22N2O3. The summed E-state index contributed by atoms with van der Waals surface area (Å²) in [5.41, 5.74) is 0. The Bertz CT molecular complexity index is 372. The fourth-order valence-corrected chi connectivity index (χ4v) is 2.43. The van der Waals surface area contributed by atoms with E-state index < -0.39 is 6.10 Å². The first-order chi connectivity index (χ1) is 9.25. The molecule has 1 heterocycles. The van der Waals surface area contributed by atoms with Gasteiger partial charge in [0.15, 0.2) is 0 Å². The van der Waals surface area contributed by atoms with E-state index in [-0.39, 0.29) is 6.03 Å². The molecule has 5 heteroatoms. The molecule has 1 saturated carbocycles. The number of urea groups is 1. The molecule has 1 aromatic heterocycles. The second-order valence-corrected chi connectivity index (χ2v) is 5.06. The summed E-state index contributed by atoms with van der Waals surface area (Å²) in [5, 5.41) is 15.5. The van der Waals surface area contributed by atoms with Crippen LogP contribution in [-0.2, 0) is 0 Å². The molecule has 5 nitrogen and oxygen atoms in total. The van der Waals surface area contributed by atoms with Crippen LogP contribution in [0.1, 0.15) is 50.4 Å². The van der Waals surface area contributed by atoms with Crippen molar-refractivity contribution < 1.29 is 14.3 Å². The number of carbonyl (C=O) groups excluding carboxylic acids is 1. The minimum Gasteiger partial charge on any atom is -0.467 e. The molecule has 0 aromatic carbocycles. The Kier molecular flexibility index (Phi) is 5.27. The summed E-state index contributed by atoms with van der Waals surface area (Å²) in [4.78, 5) is 11.7. The van der Waals surface area contributed by atoms with Gasteiger partial charge in [-0.25, -0.2) is 4.79 Å².